The van der Waals surface area contributed by atoms with E-state index in [2.05, 4.69) is 23.0 Å². The number of likely N-dealkylation sites (tertiary alicyclic amines) is 1. The summed E-state index contributed by atoms with van der Waals surface area (Å²) in [4.78, 5) is 6.63. The normalized spacial score (nSPS) is 22.6. The van der Waals surface area contributed by atoms with Crippen LogP contribution in [0.15, 0.2) is 28.8 Å². The fourth-order valence-electron chi connectivity index (χ4n) is 2.32. The minimum absolute atomic E-state index is 0.444. The first kappa shape index (κ1) is 8.92. The Hall–Kier alpha value is -1.35. The highest BCUT2D eigenvalue weighted by atomic mass is 16.3. The third-order valence-corrected chi connectivity index (χ3v) is 3.16. The first-order valence-electron chi connectivity index (χ1n) is 5.39. The number of aromatic nitrogens is 1. The third kappa shape index (κ3) is 1.43. The van der Waals surface area contributed by atoms with E-state index in [9.17, 15) is 0 Å². The summed E-state index contributed by atoms with van der Waals surface area (Å²) in [5, 5.41) is 0. The van der Waals surface area contributed by atoms with Crippen LogP contribution in [0.4, 0.5) is 0 Å². The number of fused-ring (bicyclic) bond motifs is 1. The molecule has 1 atom stereocenters. The summed E-state index contributed by atoms with van der Waals surface area (Å²) in [6, 6.07) is 6.40. The van der Waals surface area contributed by atoms with Gasteiger partial charge >= 0.3 is 0 Å². The molecule has 1 fully saturated rings. The minimum atomic E-state index is 0.444. The van der Waals surface area contributed by atoms with Crippen LogP contribution in [0, 0.1) is 0 Å². The Kier molecular flexibility index (Phi) is 1.99. The van der Waals surface area contributed by atoms with Gasteiger partial charge in [0.25, 0.3) is 0 Å². The molecule has 3 rings (SSSR count). The average Bonchev–Trinajstić information content (AvgIpc) is 2.82. The molecule has 1 aliphatic heterocycles. The van der Waals surface area contributed by atoms with Crippen molar-refractivity contribution in [2.75, 3.05) is 13.6 Å². The number of furan rings is 1. The monoisotopic (exact) mass is 202 g/mol. The summed E-state index contributed by atoms with van der Waals surface area (Å²) in [6.07, 6.45) is 4.25. The molecule has 3 heterocycles. The van der Waals surface area contributed by atoms with E-state index in [4.69, 9.17) is 4.42 Å². The first-order chi connectivity index (χ1) is 7.34. The van der Waals surface area contributed by atoms with Crippen LogP contribution in [0.3, 0.4) is 0 Å². The molecular weight excluding hydrogens is 188 g/mol. The molecule has 1 aliphatic rings. The highest BCUT2D eigenvalue weighted by molar-refractivity contribution is 5.72. The van der Waals surface area contributed by atoms with E-state index in [1.807, 2.05) is 12.1 Å². The Bertz CT molecular complexity index is 444. The van der Waals surface area contributed by atoms with Crippen molar-refractivity contribution < 1.29 is 4.42 Å². The molecule has 0 N–H and O–H groups in total. The van der Waals surface area contributed by atoms with Gasteiger partial charge in [0.1, 0.15) is 11.3 Å². The molecule has 3 nitrogen and oxygen atoms in total. The van der Waals surface area contributed by atoms with Gasteiger partial charge in [0.05, 0.1) is 6.04 Å². The molecule has 2 aromatic heterocycles. The van der Waals surface area contributed by atoms with Crippen LogP contribution in [0.2, 0.25) is 0 Å². The summed E-state index contributed by atoms with van der Waals surface area (Å²) in [7, 11) is 2.15. The summed E-state index contributed by atoms with van der Waals surface area (Å²) in [5.41, 5.74) is 1.86. The van der Waals surface area contributed by atoms with Crippen molar-refractivity contribution in [1.29, 1.82) is 0 Å². The SMILES string of the molecule is CN1CCC[C@H]1c1cc2ncccc2o1. The Morgan fingerprint density at radius 3 is 3.20 bits per heavy atom. The Morgan fingerprint density at radius 2 is 2.47 bits per heavy atom. The lowest BCUT2D eigenvalue weighted by molar-refractivity contribution is 0.281. The maximum absolute atomic E-state index is 5.82. The number of rotatable bonds is 1. The molecule has 0 bridgehead atoms. The third-order valence-electron chi connectivity index (χ3n) is 3.16. The van der Waals surface area contributed by atoms with Gasteiger partial charge in [0.15, 0.2) is 5.58 Å². The molecule has 15 heavy (non-hydrogen) atoms. The molecule has 0 unspecified atom stereocenters. The fourth-order valence-corrected chi connectivity index (χ4v) is 2.32. The highest BCUT2D eigenvalue weighted by Gasteiger charge is 2.25. The molecule has 0 spiro atoms. The van der Waals surface area contributed by atoms with Crippen molar-refractivity contribution in [3.63, 3.8) is 0 Å². The van der Waals surface area contributed by atoms with E-state index >= 15 is 0 Å². The van der Waals surface area contributed by atoms with E-state index in [0.717, 1.165) is 23.4 Å². The van der Waals surface area contributed by atoms with E-state index < -0.39 is 0 Å². The molecule has 2 aromatic rings. The summed E-state index contributed by atoms with van der Waals surface area (Å²) in [5.74, 6) is 1.06. The van der Waals surface area contributed by atoms with Crippen LogP contribution >= 0.6 is 0 Å². The molecule has 78 valence electrons. The van der Waals surface area contributed by atoms with Crippen LogP contribution in [-0.2, 0) is 0 Å². The van der Waals surface area contributed by atoms with Gasteiger partial charge in [-0.2, -0.15) is 0 Å². The Balaban J connectivity index is 2.04. The van der Waals surface area contributed by atoms with Crippen molar-refractivity contribution in [3.8, 4) is 0 Å². The van der Waals surface area contributed by atoms with Gasteiger partial charge in [-0.15, -0.1) is 0 Å². The smallest absolute Gasteiger partial charge is 0.152 e. The van der Waals surface area contributed by atoms with Gasteiger partial charge in [-0.25, -0.2) is 0 Å². The van der Waals surface area contributed by atoms with Crippen molar-refractivity contribution in [1.82, 2.24) is 9.88 Å². The van der Waals surface area contributed by atoms with Gasteiger partial charge in [0.2, 0.25) is 0 Å². The molecule has 0 saturated carbocycles. The van der Waals surface area contributed by atoms with Crippen LogP contribution in [-0.4, -0.2) is 23.5 Å². The van der Waals surface area contributed by atoms with Crippen molar-refractivity contribution in [3.05, 3.63) is 30.2 Å². The lowest BCUT2D eigenvalue weighted by Crippen LogP contribution is -2.16. The van der Waals surface area contributed by atoms with Crippen molar-refractivity contribution >= 4 is 11.1 Å². The lowest BCUT2D eigenvalue weighted by atomic mass is 10.2. The van der Waals surface area contributed by atoms with Crippen LogP contribution in [0.5, 0.6) is 0 Å². The summed E-state index contributed by atoms with van der Waals surface area (Å²) < 4.78 is 5.82. The highest BCUT2D eigenvalue weighted by Crippen LogP contribution is 2.33. The van der Waals surface area contributed by atoms with Crippen LogP contribution < -0.4 is 0 Å². The van der Waals surface area contributed by atoms with E-state index in [1.54, 1.807) is 6.20 Å². The topological polar surface area (TPSA) is 29.3 Å². The Labute approximate surface area is 88.7 Å². The fraction of sp³-hybridized carbons (Fsp3) is 0.417. The number of hydrogen-bond donors (Lipinski definition) is 0. The van der Waals surface area contributed by atoms with Crippen LogP contribution in [0.1, 0.15) is 24.6 Å². The molecular formula is C12H14N2O. The predicted octanol–water partition coefficient (Wildman–Crippen LogP) is 2.59. The van der Waals surface area contributed by atoms with Gasteiger partial charge < -0.3 is 4.42 Å². The maximum atomic E-state index is 5.82. The molecule has 3 heteroatoms. The average molecular weight is 202 g/mol. The zero-order valence-corrected chi connectivity index (χ0v) is 8.81. The van der Waals surface area contributed by atoms with Gasteiger partial charge in [0, 0.05) is 12.3 Å². The second-order valence-electron chi connectivity index (χ2n) is 4.17. The summed E-state index contributed by atoms with van der Waals surface area (Å²) in [6.45, 7) is 1.16. The molecule has 0 aliphatic carbocycles. The maximum Gasteiger partial charge on any atom is 0.152 e. The van der Waals surface area contributed by atoms with Gasteiger partial charge in [-0.1, -0.05) is 0 Å². The largest absolute Gasteiger partial charge is 0.458 e. The second kappa shape index (κ2) is 3.35. The number of nitrogens with zero attached hydrogens (tertiary/aromatic N) is 2. The first-order valence-corrected chi connectivity index (χ1v) is 5.39. The van der Waals surface area contributed by atoms with E-state index in [0.29, 0.717) is 6.04 Å². The quantitative estimate of drug-likeness (QED) is 0.711. The van der Waals surface area contributed by atoms with E-state index in [1.165, 1.54) is 12.8 Å². The lowest BCUT2D eigenvalue weighted by Gasteiger charge is -2.16. The predicted molar refractivity (Wildman–Crippen MR) is 58.6 cm³/mol. The molecule has 0 radical (unpaired) electrons. The standard InChI is InChI=1S/C12H14N2O/c1-14-7-3-4-10(14)12-8-9-11(15-12)5-2-6-13-9/h2,5-6,8,10H,3-4,7H2,1H3/t10-/m0/s1. The van der Waals surface area contributed by atoms with Crippen LogP contribution in [0.25, 0.3) is 11.1 Å². The second-order valence-corrected chi connectivity index (χ2v) is 4.17. The summed E-state index contributed by atoms with van der Waals surface area (Å²) >= 11 is 0. The van der Waals surface area contributed by atoms with Gasteiger partial charge in [-0.3, -0.25) is 9.88 Å². The van der Waals surface area contributed by atoms with E-state index in [-0.39, 0.29) is 0 Å². The number of hydrogen-bond acceptors (Lipinski definition) is 3. The zero-order chi connectivity index (χ0) is 10.3. The molecule has 0 aromatic carbocycles. The molecule has 0 amide bonds. The van der Waals surface area contributed by atoms with Gasteiger partial charge in [-0.05, 0) is 38.6 Å². The minimum Gasteiger partial charge on any atom is -0.458 e. The van der Waals surface area contributed by atoms with Crippen molar-refractivity contribution in [2.45, 2.75) is 18.9 Å². The van der Waals surface area contributed by atoms with Crippen molar-refractivity contribution in [2.24, 2.45) is 0 Å². The number of pyridine rings is 1. The Morgan fingerprint density at radius 1 is 1.53 bits per heavy atom. The zero-order valence-electron chi connectivity index (χ0n) is 8.81. The molecule has 1 saturated heterocycles.